The highest BCUT2D eigenvalue weighted by Gasteiger charge is 2.29. The first-order valence-corrected chi connectivity index (χ1v) is 6.74. The third-order valence-corrected chi connectivity index (χ3v) is 3.77. The Kier molecular flexibility index (Phi) is 3.48. The van der Waals surface area contributed by atoms with Gasteiger partial charge >= 0.3 is 0 Å². The molecule has 1 aromatic heterocycles. The Balaban J connectivity index is 1.87. The van der Waals surface area contributed by atoms with Gasteiger partial charge in [0.25, 0.3) is 0 Å². The summed E-state index contributed by atoms with van der Waals surface area (Å²) in [7, 11) is 0. The monoisotopic (exact) mass is 267 g/mol. The summed E-state index contributed by atoms with van der Waals surface area (Å²) in [6.07, 6.45) is 2.45. The number of amides is 1. The molecular weight excluding hydrogens is 250 g/mol. The summed E-state index contributed by atoms with van der Waals surface area (Å²) in [6, 6.07) is 13.8. The van der Waals surface area contributed by atoms with Crippen molar-refractivity contribution in [2.75, 3.05) is 0 Å². The van der Waals surface area contributed by atoms with Crippen LogP contribution in [0.25, 0.3) is 0 Å². The van der Waals surface area contributed by atoms with Gasteiger partial charge in [-0.3, -0.25) is 14.7 Å². The lowest BCUT2D eigenvalue weighted by molar-refractivity contribution is -0.124. The van der Waals surface area contributed by atoms with Gasteiger partial charge in [0.1, 0.15) is 0 Å². The molecule has 1 aliphatic heterocycles. The molecule has 0 fully saturated rings. The lowest BCUT2D eigenvalue weighted by atomic mass is 9.93. The van der Waals surface area contributed by atoms with E-state index in [1.54, 1.807) is 6.20 Å². The summed E-state index contributed by atoms with van der Waals surface area (Å²) in [4.78, 5) is 18.2. The summed E-state index contributed by atoms with van der Waals surface area (Å²) in [6.45, 7) is 1.38. The normalized spacial score (nSPS) is 18.5. The number of carbonyl (C=O) groups is 1. The smallest absolute Gasteiger partial charge is 0.235 e. The highest BCUT2D eigenvalue weighted by molar-refractivity contribution is 5.80. The fraction of sp³-hybridized carbons (Fsp3) is 0.250. The quantitative estimate of drug-likeness (QED) is 0.916. The standard InChI is InChI=1S/C16H17N3O/c17-16(20)15-9-12-5-1-2-6-13(12)10-19(15)11-14-7-3-4-8-18-14/h1-8,15H,9-11H2,(H2,17,20). The third kappa shape index (κ3) is 2.56. The second-order valence-electron chi connectivity index (χ2n) is 5.12. The zero-order valence-corrected chi connectivity index (χ0v) is 11.2. The van der Waals surface area contributed by atoms with Crippen LogP contribution in [0.1, 0.15) is 16.8 Å². The minimum absolute atomic E-state index is 0.257. The molecule has 0 spiro atoms. The lowest BCUT2D eigenvalue weighted by Gasteiger charge is -2.34. The van der Waals surface area contributed by atoms with Gasteiger partial charge in [-0.05, 0) is 29.7 Å². The number of pyridine rings is 1. The number of hydrogen-bond acceptors (Lipinski definition) is 3. The van der Waals surface area contributed by atoms with Crippen LogP contribution in [-0.4, -0.2) is 21.8 Å². The molecule has 1 atom stereocenters. The average molecular weight is 267 g/mol. The number of aromatic nitrogens is 1. The second kappa shape index (κ2) is 5.43. The number of benzene rings is 1. The van der Waals surface area contributed by atoms with E-state index < -0.39 is 0 Å². The molecule has 20 heavy (non-hydrogen) atoms. The average Bonchev–Trinajstić information content (AvgIpc) is 2.47. The number of rotatable bonds is 3. The highest BCUT2D eigenvalue weighted by Crippen LogP contribution is 2.24. The predicted octanol–water partition coefficient (Wildman–Crippen LogP) is 1.49. The van der Waals surface area contributed by atoms with Gasteiger partial charge in [-0.15, -0.1) is 0 Å². The molecule has 1 aromatic carbocycles. The van der Waals surface area contributed by atoms with E-state index in [4.69, 9.17) is 5.73 Å². The number of nitrogens with zero attached hydrogens (tertiary/aromatic N) is 2. The van der Waals surface area contributed by atoms with Crippen LogP contribution >= 0.6 is 0 Å². The first-order valence-electron chi connectivity index (χ1n) is 6.74. The maximum absolute atomic E-state index is 11.7. The Morgan fingerprint density at radius 2 is 1.95 bits per heavy atom. The predicted molar refractivity (Wildman–Crippen MR) is 76.6 cm³/mol. The van der Waals surface area contributed by atoms with Crippen LogP contribution in [0.5, 0.6) is 0 Å². The maximum atomic E-state index is 11.7. The summed E-state index contributed by atoms with van der Waals surface area (Å²) in [5, 5.41) is 0. The fourth-order valence-electron chi connectivity index (χ4n) is 2.72. The molecule has 0 saturated heterocycles. The number of nitrogens with two attached hydrogens (primary N) is 1. The van der Waals surface area contributed by atoms with Crippen molar-refractivity contribution in [3.8, 4) is 0 Å². The van der Waals surface area contributed by atoms with Gasteiger partial charge in [-0.1, -0.05) is 30.3 Å². The summed E-state index contributed by atoms with van der Waals surface area (Å²) < 4.78 is 0. The van der Waals surface area contributed by atoms with Crippen molar-refractivity contribution < 1.29 is 4.79 Å². The molecule has 0 aliphatic carbocycles. The van der Waals surface area contributed by atoms with Gasteiger partial charge in [0.05, 0.1) is 11.7 Å². The molecule has 3 rings (SSSR count). The van der Waals surface area contributed by atoms with Crippen molar-refractivity contribution in [3.63, 3.8) is 0 Å². The van der Waals surface area contributed by atoms with Crippen LogP contribution in [0.2, 0.25) is 0 Å². The lowest BCUT2D eigenvalue weighted by Crippen LogP contribution is -2.48. The molecular formula is C16H17N3O. The second-order valence-corrected chi connectivity index (χ2v) is 5.12. The Morgan fingerprint density at radius 1 is 1.20 bits per heavy atom. The Labute approximate surface area is 118 Å². The molecule has 2 heterocycles. The summed E-state index contributed by atoms with van der Waals surface area (Å²) >= 11 is 0. The molecule has 102 valence electrons. The van der Waals surface area contributed by atoms with E-state index in [1.807, 2.05) is 30.3 Å². The van der Waals surface area contributed by atoms with Crippen molar-refractivity contribution in [1.29, 1.82) is 0 Å². The van der Waals surface area contributed by atoms with Crippen LogP contribution in [0.15, 0.2) is 48.7 Å². The zero-order valence-electron chi connectivity index (χ0n) is 11.2. The maximum Gasteiger partial charge on any atom is 0.235 e. The van der Waals surface area contributed by atoms with E-state index in [2.05, 4.69) is 22.0 Å². The van der Waals surface area contributed by atoms with Gasteiger partial charge in [0, 0.05) is 19.3 Å². The van der Waals surface area contributed by atoms with Gasteiger partial charge in [-0.25, -0.2) is 0 Å². The molecule has 0 bridgehead atoms. The first kappa shape index (κ1) is 12.8. The van der Waals surface area contributed by atoms with E-state index in [9.17, 15) is 4.79 Å². The van der Waals surface area contributed by atoms with Gasteiger partial charge in [0.2, 0.25) is 5.91 Å². The first-order chi connectivity index (χ1) is 9.74. The fourth-order valence-corrected chi connectivity index (χ4v) is 2.72. The molecule has 2 N–H and O–H groups in total. The minimum Gasteiger partial charge on any atom is -0.368 e. The minimum atomic E-state index is -0.268. The van der Waals surface area contributed by atoms with Crippen LogP contribution in [0.4, 0.5) is 0 Å². The van der Waals surface area contributed by atoms with E-state index in [1.165, 1.54) is 11.1 Å². The van der Waals surface area contributed by atoms with E-state index in [-0.39, 0.29) is 11.9 Å². The molecule has 0 saturated carbocycles. The Bertz CT molecular complexity index is 612. The number of fused-ring (bicyclic) bond motifs is 1. The number of primary amides is 1. The topological polar surface area (TPSA) is 59.2 Å². The van der Waals surface area contributed by atoms with Crippen LogP contribution in [0, 0.1) is 0 Å². The van der Waals surface area contributed by atoms with Crippen LogP contribution < -0.4 is 5.73 Å². The van der Waals surface area contributed by atoms with Crippen molar-refractivity contribution in [3.05, 3.63) is 65.5 Å². The van der Waals surface area contributed by atoms with E-state index >= 15 is 0 Å². The number of carbonyl (C=O) groups excluding carboxylic acids is 1. The molecule has 0 radical (unpaired) electrons. The largest absolute Gasteiger partial charge is 0.368 e. The van der Waals surface area contributed by atoms with Gasteiger partial charge < -0.3 is 5.73 Å². The molecule has 1 unspecified atom stereocenters. The molecule has 1 amide bonds. The van der Waals surface area contributed by atoms with E-state index in [0.717, 1.165) is 12.2 Å². The SMILES string of the molecule is NC(=O)C1Cc2ccccc2CN1Cc1ccccn1. The Hall–Kier alpha value is -2.20. The molecule has 4 heteroatoms. The van der Waals surface area contributed by atoms with E-state index in [0.29, 0.717) is 13.0 Å². The summed E-state index contributed by atoms with van der Waals surface area (Å²) in [5.74, 6) is -0.268. The zero-order chi connectivity index (χ0) is 13.9. The van der Waals surface area contributed by atoms with Crippen molar-refractivity contribution in [2.45, 2.75) is 25.6 Å². The molecule has 4 nitrogen and oxygen atoms in total. The van der Waals surface area contributed by atoms with Gasteiger partial charge in [0.15, 0.2) is 0 Å². The van der Waals surface area contributed by atoms with Crippen LogP contribution in [-0.2, 0) is 24.3 Å². The summed E-state index contributed by atoms with van der Waals surface area (Å²) in [5.41, 5.74) is 9.00. The van der Waals surface area contributed by atoms with Crippen molar-refractivity contribution in [1.82, 2.24) is 9.88 Å². The highest BCUT2D eigenvalue weighted by atomic mass is 16.1. The molecule has 1 aliphatic rings. The third-order valence-electron chi connectivity index (χ3n) is 3.77. The molecule has 2 aromatic rings. The number of hydrogen-bond donors (Lipinski definition) is 1. The van der Waals surface area contributed by atoms with Crippen molar-refractivity contribution in [2.24, 2.45) is 5.73 Å². The Morgan fingerprint density at radius 3 is 2.65 bits per heavy atom. The van der Waals surface area contributed by atoms with Crippen LogP contribution in [0.3, 0.4) is 0 Å². The van der Waals surface area contributed by atoms with Gasteiger partial charge in [-0.2, -0.15) is 0 Å². The van der Waals surface area contributed by atoms with Crippen molar-refractivity contribution >= 4 is 5.91 Å².